The molecule has 2 rings (SSSR count). The van der Waals surface area contributed by atoms with Gasteiger partial charge in [0.2, 0.25) is 0 Å². The normalized spacial score (nSPS) is 23.1. The Hall–Kier alpha value is -0.840. The van der Waals surface area contributed by atoms with Crippen molar-refractivity contribution >= 4 is 12.4 Å². The minimum atomic E-state index is -0.301. The quantitative estimate of drug-likeness (QED) is 0.909. The summed E-state index contributed by atoms with van der Waals surface area (Å²) in [5.74, 6) is 0.777. The summed E-state index contributed by atoms with van der Waals surface area (Å²) < 4.78 is 18.9. The molecule has 0 radical (unpaired) electrons. The second-order valence-electron chi connectivity index (χ2n) is 5.33. The lowest BCUT2D eigenvalue weighted by atomic mass is 9.92. The van der Waals surface area contributed by atoms with Gasteiger partial charge in [0.1, 0.15) is 6.61 Å². The van der Waals surface area contributed by atoms with Crippen molar-refractivity contribution in [1.29, 1.82) is 0 Å². The molecular weight excluding hydrogens is 279 g/mol. The van der Waals surface area contributed by atoms with E-state index in [9.17, 15) is 4.39 Å². The molecule has 0 aliphatic carbocycles. The number of nitrogens with two attached hydrogens (primary N) is 1. The summed E-state index contributed by atoms with van der Waals surface area (Å²) >= 11 is 0. The molecule has 0 saturated carbocycles. The number of benzene rings is 1. The second kappa shape index (κ2) is 8.45. The molecule has 2 atom stereocenters. The summed E-state index contributed by atoms with van der Waals surface area (Å²) in [7, 11) is 0. The van der Waals surface area contributed by atoms with Crippen molar-refractivity contribution in [1.82, 2.24) is 4.90 Å². The molecule has 5 heteroatoms. The summed E-state index contributed by atoms with van der Waals surface area (Å²) in [4.78, 5) is 2.36. The van der Waals surface area contributed by atoms with Gasteiger partial charge in [-0.25, -0.2) is 4.39 Å². The molecule has 2 N–H and O–H groups in total. The van der Waals surface area contributed by atoms with E-state index in [-0.39, 0.29) is 18.2 Å². The first-order valence-electron chi connectivity index (χ1n) is 7.02. The first-order valence-corrected chi connectivity index (χ1v) is 7.02. The van der Waals surface area contributed by atoms with Crippen molar-refractivity contribution in [3.63, 3.8) is 0 Å². The Bertz CT molecular complexity index is 405. The van der Waals surface area contributed by atoms with Crippen LogP contribution in [0.5, 0.6) is 5.75 Å². The van der Waals surface area contributed by atoms with E-state index >= 15 is 0 Å². The fraction of sp³-hybridized carbons (Fsp3) is 0.600. The van der Waals surface area contributed by atoms with Crippen LogP contribution >= 0.6 is 12.4 Å². The highest BCUT2D eigenvalue weighted by Crippen LogP contribution is 2.22. The Kier molecular flexibility index (Phi) is 7.27. The first-order chi connectivity index (χ1) is 9.20. The van der Waals surface area contributed by atoms with E-state index in [0.29, 0.717) is 24.9 Å². The average molecular weight is 303 g/mol. The fourth-order valence-corrected chi connectivity index (χ4v) is 2.67. The SMILES string of the molecule is CC1CCN(CCOc2ccccc2F)C(CN)C1.Cl. The van der Waals surface area contributed by atoms with Crippen LogP contribution in [0.15, 0.2) is 24.3 Å². The third-order valence-corrected chi connectivity index (χ3v) is 3.84. The topological polar surface area (TPSA) is 38.5 Å². The largest absolute Gasteiger partial charge is 0.489 e. The predicted molar refractivity (Wildman–Crippen MR) is 82.0 cm³/mol. The predicted octanol–water partition coefficient (Wildman–Crippen LogP) is 2.69. The number of nitrogens with zero attached hydrogens (tertiary/aromatic N) is 1. The third-order valence-electron chi connectivity index (χ3n) is 3.84. The summed E-state index contributed by atoms with van der Waals surface area (Å²) in [6.45, 7) is 5.33. The van der Waals surface area contributed by atoms with Gasteiger partial charge in [-0.3, -0.25) is 4.90 Å². The van der Waals surface area contributed by atoms with E-state index in [0.717, 1.165) is 25.4 Å². The van der Waals surface area contributed by atoms with Gasteiger partial charge in [0, 0.05) is 19.1 Å². The van der Waals surface area contributed by atoms with Crippen molar-refractivity contribution in [3.05, 3.63) is 30.1 Å². The first kappa shape index (κ1) is 17.2. The molecule has 1 aliphatic heterocycles. The molecule has 0 amide bonds. The molecule has 0 aromatic heterocycles. The van der Waals surface area contributed by atoms with Crippen LogP contribution in [-0.4, -0.2) is 37.2 Å². The number of para-hydroxylation sites is 1. The molecule has 0 bridgehead atoms. The molecule has 1 aromatic rings. The summed E-state index contributed by atoms with van der Waals surface area (Å²) in [6, 6.07) is 6.96. The van der Waals surface area contributed by atoms with Crippen LogP contribution in [0.1, 0.15) is 19.8 Å². The van der Waals surface area contributed by atoms with E-state index < -0.39 is 0 Å². The monoisotopic (exact) mass is 302 g/mol. The molecule has 1 fully saturated rings. The molecule has 114 valence electrons. The van der Waals surface area contributed by atoms with Gasteiger partial charge >= 0.3 is 0 Å². The number of halogens is 2. The van der Waals surface area contributed by atoms with Crippen molar-refractivity contribution in [2.24, 2.45) is 11.7 Å². The summed E-state index contributed by atoms with van der Waals surface area (Å²) in [6.07, 6.45) is 2.35. The number of hydrogen-bond acceptors (Lipinski definition) is 3. The number of rotatable bonds is 5. The standard InChI is InChI=1S/C15H23FN2O.ClH/c1-12-6-7-18(13(10-12)11-17)8-9-19-15-5-3-2-4-14(15)16;/h2-5,12-13H,6-11,17H2,1H3;1H. The lowest BCUT2D eigenvalue weighted by Crippen LogP contribution is -2.47. The van der Waals surface area contributed by atoms with Crippen molar-refractivity contribution < 1.29 is 9.13 Å². The lowest BCUT2D eigenvalue weighted by molar-refractivity contribution is 0.102. The van der Waals surface area contributed by atoms with E-state index in [1.807, 2.05) is 0 Å². The number of likely N-dealkylation sites (tertiary alicyclic amines) is 1. The van der Waals surface area contributed by atoms with E-state index in [1.54, 1.807) is 18.2 Å². The zero-order valence-corrected chi connectivity index (χ0v) is 12.7. The molecule has 1 heterocycles. The Morgan fingerprint density at radius 1 is 1.40 bits per heavy atom. The highest BCUT2D eigenvalue weighted by Gasteiger charge is 2.24. The second-order valence-corrected chi connectivity index (χ2v) is 5.33. The zero-order valence-electron chi connectivity index (χ0n) is 11.9. The fourth-order valence-electron chi connectivity index (χ4n) is 2.67. The summed E-state index contributed by atoms with van der Waals surface area (Å²) in [5.41, 5.74) is 5.82. The van der Waals surface area contributed by atoms with Crippen LogP contribution in [-0.2, 0) is 0 Å². The Labute approximate surface area is 126 Å². The summed E-state index contributed by atoms with van der Waals surface area (Å²) in [5, 5.41) is 0. The lowest BCUT2D eigenvalue weighted by Gasteiger charge is -2.37. The van der Waals surface area contributed by atoms with Crippen LogP contribution < -0.4 is 10.5 Å². The Morgan fingerprint density at radius 2 is 2.15 bits per heavy atom. The number of piperidine rings is 1. The maximum Gasteiger partial charge on any atom is 0.165 e. The zero-order chi connectivity index (χ0) is 13.7. The van der Waals surface area contributed by atoms with Gasteiger partial charge in [-0.2, -0.15) is 0 Å². The highest BCUT2D eigenvalue weighted by atomic mass is 35.5. The van der Waals surface area contributed by atoms with Gasteiger partial charge in [-0.15, -0.1) is 12.4 Å². The van der Waals surface area contributed by atoms with E-state index in [2.05, 4.69) is 11.8 Å². The van der Waals surface area contributed by atoms with Crippen LogP contribution in [0.2, 0.25) is 0 Å². The molecule has 0 spiro atoms. The number of ether oxygens (including phenoxy) is 1. The van der Waals surface area contributed by atoms with Crippen molar-refractivity contribution in [2.45, 2.75) is 25.8 Å². The van der Waals surface area contributed by atoms with Crippen molar-refractivity contribution in [2.75, 3.05) is 26.2 Å². The van der Waals surface area contributed by atoms with Crippen LogP contribution in [0.4, 0.5) is 4.39 Å². The van der Waals surface area contributed by atoms with Gasteiger partial charge in [-0.1, -0.05) is 19.1 Å². The van der Waals surface area contributed by atoms with Crippen LogP contribution in [0.25, 0.3) is 0 Å². The third kappa shape index (κ3) is 4.62. The minimum Gasteiger partial charge on any atom is -0.489 e. The van der Waals surface area contributed by atoms with Gasteiger partial charge in [0.25, 0.3) is 0 Å². The highest BCUT2D eigenvalue weighted by molar-refractivity contribution is 5.85. The van der Waals surface area contributed by atoms with Crippen LogP contribution in [0.3, 0.4) is 0 Å². The molecular formula is C15H24ClFN2O. The maximum atomic E-state index is 13.4. The minimum absolute atomic E-state index is 0. The van der Waals surface area contributed by atoms with Gasteiger partial charge < -0.3 is 10.5 Å². The van der Waals surface area contributed by atoms with Gasteiger partial charge in [0.15, 0.2) is 11.6 Å². The Balaban J connectivity index is 0.00000200. The molecule has 1 saturated heterocycles. The smallest absolute Gasteiger partial charge is 0.165 e. The van der Waals surface area contributed by atoms with E-state index in [1.165, 1.54) is 12.5 Å². The van der Waals surface area contributed by atoms with Crippen LogP contribution in [0, 0.1) is 11.7 Å². The molecule has 3 nitrogen and oxygen atoms in total. The number of hydrogen-bond donors (Lipinski definition) is 1. The van der Waals surface area contributed by atoms with Gasteiger partial charge in [0.05, 0.1) is 0 Å². The Morgan fingerprint density at radius 3 is 2.85 bits per heavy atom. The molecule has 1 aliphatic rings. The maximum absolute atomic E-state index is 13.4. The van der Waals surface area contributed by atoms with Gasteiger partial charge in [-0.05, 0) is 37.4 Å². The average Bonchev–Trinajstić information content (AvgIpc) is 2.42. The molecule has 20 heavy (non-hydrogen) atoms. The van der Waals surface area contributed by atoms with Crippen molar-refractivity contribution in [3.8, 4) is 5.75 Å². The van der Waals surface area contributed by atoms with E-state index in [4.69, 9.17) is 10.5 Å². The molecule has 2 unspecified atom stereocenters. The molecule has 1 aromatic carbocycles.